The van der Waals surface area contributed by atoms with Gasteiger partial charge < -0.3 is 10.0 Å². The second-order valence-electron chi connectivity index (χ2n) is 5.57. The number of rotatable bonds is 5. The van der Waals surface area contributed by atoms with Crippen LogP contribution in [0.2, 0.25) is 0 Å². The summed E-state index contributed by atoms with van der Waals surface area (Å²) in [6.07, 6.45) is 0.334. The van der Waals surface area contributed by atoms with Gasteiger partial charge >= 0.3 is 0 Å². The van der Waals surface area contributed by atoms with Crippen molar-refractivity contribution in [2.75, 3.05) is 39.3 Å². The molecule has 0 unspecified atom stereocenters. The van der Waals surface area contributed by atoms with E-state index in [9.17, 15) is 9.18 Å². The fourth-order valence-electron chi connectivity index (χ4n) is 2.74. The van der Waals surface area contributed by atoms with Crippen LogP contribution in [0.5, 0.6) is 0 Å². The number of piperazine rings is 1. The van der Waals surface area contributed by atoms with E-state index >= 15 is 0 Å². The Morgan fingerprint density at radius 2 is 1.95 bits per heavy atom. The molecule has 116 valence electrons. The van der Waals surface area contributed by atoms with Crippen LogP contribution in [0.15, 0.2) is 24.3 Å². The van der Waals surface area contributed by atoms with Gasteiger partial charge in [0, 0.05) is 39.1 Å². The van der Waals surface area contributed by atoms with Crippen LogP contribution in [0, 0.1) is 5.82 Å². The molecular formula is C16H23FN2O2. The standard InChI is InChI=1S/C16H23FN2O2/c1-13(14-4-2-3-5-15(14)17)12-16(21)19-8-6-18(7-9-19)10-11-20/h2-5,13,20H,6-12H2,1H3/t13-/m0/s1. The first-order valence-electron chi connectivity index (χ1n) is 7.47. The summed E-state index contributed by atoms with van der Waals surface area (Å²) >= 11 is 0. The van der Waals surface area contributed by atoms with Crippen molar-refractivity contribution in [1.29, 1.82) is 0 Å². The zero-order valence-corrected chi connectivity index (χ0v) is 12.5. The van der Waals surface area contributed by atoms with Gasteiger partial charge in [0.05, 0.1) is 6.61 Å². The van der Waals surface area contributed by atoms with Gasteiger partial charge in [-0.15, -0.1) is 0 Å². The van der Waals surface area contributed by atoms with Gasteiger partial charge in [-0.2, -0.15) is 0 Å². The Kier molecular flexibility index (Phi) is 5.70. The molecule has 0 aliphatic carbocycles. The molecule has 2 rings (SSSR count). The number of benzene rings is 1. The van der Waals surface area contributed by atoms with E-state index in [2.05, 4.69) is 4.90 Å². The number of halogens is 1. The van der Waals surface area contributed by atoms with Crippen LogP contribution in [0.4, 0.5) is 4.39 Å². The number of nitrogens with zero attached hydrogens (tertiary/aromatic N) is 2. The van der Waals surface area contributed by atoms with Gasteiger partial charge in [-0.05, 0) is 17.5 Å². The van der Waals surface area contributed by atoms with Gasteiger partial charge in [-0.1, -0.05) is 25.1 Å². The number of aliphatic hydroxyl groups excluding tert-OH is 1. The van der Waals surface area contributed by atoms with Crippen LogP contribution in [0.25, 0.3) is 0 Å². The quantitative estimate of drug-likeness (QED) is 0.894. The third-order valence-electron chi connectivity index (χ3n) is 4.06. The Labute approximate surface area is 125 Å². The smallest absolute Gasteiger partial charge is 0.223 e. The molecule has 5 heteroatoms. The minimum absolute atomic E-state index is 0.0781. The molecule has 0 bridgehead atoms. The van der Waals surface area contributed by atoms with Crippen molar-refractivity contribution in [3.63, 3.8) is 0 Å². The number of carbonyl (C=O) groups is 1. The molecule has 0 aromatic heterocycles. The summed E-state index contributed by atoms with van der Waals surface area (Å²) in [5.41, 5.74) is 0.602. The molecular weight excluding hydrogens is 271 g/mol. The highest BCUT2D eigenvalue weighted by Gasteiger charge is 2.23. The van der Waals surface area contributed by atoms with Crippen LogP contribution >= 0.6 is 0 Å². The van der Waals surface area contributed by atoms with Crippen molar-refractivity contribution in [3.8, 4) is 0 Å². The third-order valence-corrected chi connectivity index (χ3v) is 4.06. The number of hydrogen-bond acceptors (Lipinski definition) is 3. The van der Waals surface area contributed by atoms with Gasteiger partial charge in [0.2, 0.25) is 5.91 Å². The second-order valence-corrected chi connectivity index (χ2v) is 5.57. The highest BCUT2D eigenvalue weighted by atomic mass is 19.1. The first-order chi connectivity index (χ1) is 10.1. The zero-order chi connectivity index (χ0) is 15.2. The summed E-state index contributed by atoms with van der Waals surface area (Å²) in [4.78, 5) is 16.3. The highest BCUT2D eigenvalue weighted by molar-refractivity contribution is 5.77. The van der Waals surface area contributed by atoms with Crippen molar-refractivity contribution in [1.82, 2.24) is 9.80 Å². The van der Waals surface area contributed by atoms with Gasteiger partial charge in [-0.25, -0.2) is 4.39 Å². The van der Waals surface area contributed by atoms with Crippen LogP contribution < -0.4 is 0 Å². The molecule has 0 spiro atoms. The Bertz CT molecular complexity index is 473. The fourth-order valence-corrected chi connectivity index (χ4v) is 2.74. The van der Waals surface area contributed by atoms with E-state index in [1.54, 1.807) is 18.2 Å². The minimum atomic E-state index is -0.245. The molecule has 4 nitrogen and oxygen atoms in total. The predicted octanol–water partition coefficient (Wildman–Crippen LogP) is 1.46. The summed E-state index contributed by atoms with van der Waals surface area (Å²) in [6.45, 7) is 5.65. The van der Waals surface area contributed by atoms with E-state index in [0.29, 0.717) is 31.6 Å². The summed E-state index contributed by atoms with van der Waals surface area (Å²) in [7, 11) is 0. The van der Waals surface area contributed by atoms with E-state index < -0.39 is 0 Å². The second kappa shape index (κ2) is 7.52. The summed E-state index contributed by atoms with van der Waals surface area (Å²) < 4.78 is 13.7. The molecule has 1 N–H and O–H groups in total. The maximum Gasteiger partial charge on any atom is 0.223 e. The minimum Gasteiger partial charge on any atom is -0.395 e. The normalized spacial score (nSPS) is 17.8. The largest absolute Gasteiger partial charge is 0.395 e. The molecule has 1 amide bonds. The Morgan fingerprint density at radius 3 is 2.57 bits per heavy atom. The Balaban J connectivity index is 1.86. The van der Waals surface area contributed by atoms with Crippen molar-refractivity contribution in [2.24, 2.45) is 0 Å². The lowest BCUT2D eigenvalue weighted by molar-refractivity contribution is -0.133. The molecule has 1 fully saturated rings. The predicted molar refractivity (Wildman–Crippen MR) is 79.5 cm³/mol. The first kappa shape index (κ1) is 15.9. The third kappa shape index (κ3) is 4.25. The number of hydrogen-bond donors (Lipinski definition) is 1. The highest BCUT2D eigenvalue weighted by Crippen LogP contribution is 2.22. The number of β-amino-alcohol motifs (C(OH)–C–C–N with tert-alkyl or cyclic N) is 1. The lowest BCUT2D eigenvalue weighted by atomic mass is 9.96. The molecule has 0 saturated carbocycles. The number of aliphatic hydroxyl groups is 1. The van der Waals surface area contributed by atoms with E-state index in [-0.39, 0.29) is 24.2 Å². The number of carbonyl (C=O) groups excluding carboxylic acids is 1. The topological polar surface area (TPSA) is 43.8 Å². The van der Waals surface area contributed by atoms with Gasteiger partial charge in [0.15, 0.2) is 0 Å². The molecule has 1 aliphatic rings. The average molecular weight is 294 g/mol. The molecule has 1 aromatic carbocycles. The molecule has 21 heavy (non-hydrogen) atoms. The van der Waals surface area contributed by atoms with Crippen molar-refractivity contribution < 1.29 is 14.3 Å². The first-order valence-corrected chi connectivity index (χ1v) is 7.47. The molecule has 1 saturated heterocycles. The number of amides is 1. The maximum atomic E-state index is 13.7. The maximum absolute atomic E-state index is 13.7. The molecule has 1 aliphatic heterocycles. The fraction of sp³-hybridized carbons (Fsp3) is 0.562. The van der Waals surface area contributed by atoms with E-state index in [1.165, 1.54) is 6.07 Å². The van der Waals surface area contributed by atoms with E-state index in [1.807, 2.05) is 11.8 Å². The zero-order valence-electron chi connectivity index (χ0n) is 12.5. The van der Waals surface area contributed by atoms with Crippen LogP contribution in [0.1, 0.15) is 24.8 Å². The van der Waals surface area contributed by atoms with Crippen LogP contribution in [0.3, 0.4) is 0 Å². The van der Waals surface area contributed by atoms with Crippen LogP contribution in [-0.4, -0.2) is 60.1 Å². The van der Waals surface area contributed by atoms with E-state index in [0.717, 1.165) is 13.1 Å². The SMILES string of the molecule is C[C@@H](CC(=O)N1CCN(CCO)CC1)c1ccccc1F. The van der Waals surface area contributed by atoms with Gasteiger partial charge in [0.25, 0.3) is 0 Å². The van der Waals surface area contributed by atoms with Crippen LogP contribution in [-0.2, 0) is 4.79 Å². The molecule has 1 aromatic rings. The average Bonchev–Trinajstić information content (AvgIpc) is 2.48. The lowest BCUT2D eigenvalue weighted by Gasteiger charge is -2.34. The Hall–Kier alpha value is -1.46. The molecule has 1 heterocycles. The lowest BCUT2D eigenvalue weighted by Crippen LogP contribution is -2.49. The van der Waals surface area contributed by atoms with Crippen molar-refractivity contribution in [3.05, 3.63) is 35.6 Å². The summed E-state index contributed by atoms with van der Waals surface area (Å²) in [6, 6.07) is 6.64. The van der Waals surface area contributed by atoms with Gasteiger partial charge in [0.1, 0.15) is 5.82 Å². The molecule has 0 radical (unpaired) electrons. The molecule has 1 atom stereocenters. The summed E-state index contributed by atoms with van der Waals surface area (Å²) in [5, 5.41) is 8.91. The van der Waals surface area contributed by atoms with Gasteiger partial charge in [-0.3, -0.25) is 9.69 Å². The van der Waals surface area contributed by atoms with Crippen molar-refractivity contribution >= 4 is 5.91 Å². The van der Waals surface area contributed by atoms with E-state index in [4.69, 9.17) is 5.11 Å². The Morgan fingerprint density at radius 1 is 1.29 bits per heavy atom. The van der Waals surface area contributed by atoms with Crippen molar-refractivity contribution in [2.45, 2.75) is 19.3 Å². The monoisotopic (exact) mass is 294 g/mol. The summed E-state index contributed by atoms with van der Waals surface area (Å²) in [5.74, 6) is -0.283.